The average Bonchev–Trinajstić information content (AvgIpc) is 3.57. The lowest BCUT2D eigenvalue weighted by atomic mass is 9.89. The number of ether oxygens (including phenoxy) is 2. The van der Waals surface area contributed by atoms with Gasteiger partial charge in [-0.3, -0.25) is 9.59 Å². The van der Waals surface area contributed by atoms with E-state index in [0.29, 0.717) is 36.8 Å². The van der Waals surface area contributed by atoms with Crippen molar-refractivity contribution in [1.29, 1.82) is 0 Å². The second-order valence-corrected chi connectivity index (χ2v) is 10.5. The standard InChI is InChI=1S/C30H37N3O8/c1-15-17(9-11-25(34)40-3)21(32-27(15)29(36)37)13-23-19-7-5-6-8-20(19)24(31-23)14-22-18(10-12-26(35)41-4)16(2)28(33-22)30(38)39/h31-33H,5-14H2,1-4H3,(H,36,37)(H,38,39). The molecule has 0 radical (unpaired) electrons. The van der Waals surface area contributed by atoms with Gasteiger partial charge in [-0.15, -0.1) is 0 Å². The van der Waals surface area contributed by atoms with Gasteiger partial charge in [-0.05, 0) is 85.8 Å². The zero-order valence-electron chi connectivity index (χ0n) is 23.9. The summed E-state index contributed by atoms with van der Waals surface area (Å²) in [6.45, 7) is 3.49. The first-order chi connectivity index (χ1) is 19.5. The molecule has 0 fully saturated rings. The summed E-state index contributed by atoms with van der Waals surface area (Å²) in [6.07, 6.45) is 5.69. The molecule has 11 heteroatoms. The molecule has 0 atom stereocenters. The van der Waals surface area contributed by atoms with Crippen LogP contribution in [0.1, 0.15) is 103 Å². The van der Waals surface area contributed by atoms with Gasteiger partial charge in [0.1, 0.15) is 11.4 Å². The summed E-state index contributed by atoms with van der Waals surface area (Å²) in [5, 5.41) is 19.5. The predicted octanol–water partition coefficient (Wildman–Crippen LogP) is 3.96. The molecule has 0 amide bonds. The number of carboxylic acid groups (broad SMARTS) is 2. The highest BCUT2D eigenvalue weighted by Crippen LogP contribution is 2.33. The van der Waals surface area contributed by atoms with E-state index in [1.54, 1.807) is 13.8 Å². The molecule has 0 unspecified atom stereocenters. The fourth-order valence-corrected chi connectivity index (χ4v) is 6.02. The molecule has 41 heavy (non-hydrogen) atoms. The normalized spacial score (nSPS) is 12.7. The summed E-state index contributed by atoms with van der Waals surface area (Å²) in [5.74, 6) is -2.84. The molecule has 4 rings (SSSR count). The highest BCUT2D eigenvalue weighted by Gasteiger charge is 2.26. The van der Waals surface area contributed by atoms with Crippen molar-refractivity contribution in [1.82, 2.24) is 15.0 Å². The Morgan fingerprint density at radius 2 is 1.05 bits per heavy atom. The summed E-state index contributed by atoms with van der Waals surface area (Å²) in [6, 6.07) is 0. The number of rotatable bonds is 12. The molecular formula is C30H37N3O8. The number of aromatic amines is 3. The van der Waals surface area contributed by atoms with Crippen LogP contribution in [0.4, 0.5) is 0 Å². The topological polar surface area (TPSA) is 175 Å². The van der Waals surface area contributed by atoms with Gasteiger partial charge in [0, 0.05) is 48.5 Å². The van der Waals surface area contributed by atoms with Crippen molar-refractivity contribution in [3.63, 3.8) is 0 Å². The Morgan fingerprint density at radius 1 is 0.659 bits per heavy atom. The third-order valence-electron chi connectivity index (χ3n) is 8.18. The van der Waals surface area contributed by atoms with E-state index in [9.17, 15) is 29.4 Å². The van der Waals surface area contributed by atoms with E-state index in [0.717, 1.165) is 59.6 Å². The van der Waals surface area contributed by atoms with Gasteiger partial charge in [-0.25, -0.2) is 9.59 Å². The fourth-order valence-electron chi connectivity index (χ4n) is 6.02. The van der Waals surface area contributed by atoms with Crippen LogP contribution in [-0.4, -0.2) is 63.3 Å². The number of methoxy groups -OCH3 is 2. The van der Waals surface area contributed by atoms with Crippen molar-refractivity contribution in [2.75, 3.05) is 14.2 Å². The largest absolute Gasteiger partial charge is 0.477 e. The summed E-state index contributed by atoms with van der Waals surface area (Å²) in [7, 11) is 2.66. The van der Waals surface area contributed by atoms with E-state index in [2.05, 4.69) is 15.0 Å². The summed E-state index contributed by atoms with van der Waals surface area (Å²) < 4.78 is 9.59. The first kappa shape index (κ1) is 29.7. The molecule has 5 N–H and O–H groups in total. The Labute approximate surface area is 237 Å². The summed E-state index contributed by atoms with van der Waals surface area (Å²) in [4.78, 5) is 57.2. The van der Waals surface area contributed by atoms with Gasteiger partial charge in [0.15, 0.2) is 0 Å². The van der Waals surface area contributed by atoms with Crippen molar-refractivity contribution in [2.45, 2.75) is 78.1 Å². The van der Waals surface area contributed by atoms with Crippen LogP contribution in [0.5, 0.6) is 0 Å². The number of carbonyl (C=O) groups excluding carboxylic acids is 2. The van der Waals surface area contributed by atoms with Gasteiger partial charge >= 0.3 is 23.9 Å². The van der Waals surface area contributed by atoms with Crippen LogP contribution < -0.4 is 0 Å². The minimum absolute atomic E-state index is 0.110. The second kappa shape index (κ2) is 12.5. The Kier molecular flexibility index (Phi) is 9.05. The minimum Gasteiger partial charge on any atom is -0.477 e. The monoisotopic (exact) mass is 567 g/mol. The van der Waals surface area contributed by atoms with Crippen LogP contribution in [0.15, 0.2) is 0 Å². The smallest absolute Gasteiger partial charge is 0.352 e. The molecular weight excluding hydrogens is 530 g/mol. The maximum absolute atomic E-state index is 11.9. The van der Waals surface area contributed by atoms with E-state index >= 15 is 0 Å². The minimum atomic E-state index is -1.06. The van der Waals surface area contributed by atoms with Crippen molar-refractivity contribution in [3.05, 3.63) is 67.5 Å². The number of fused-ring (bicyclic) bond motifs is 1. The molecule has 0 spiro atoms. The number of hydrogen-bond acceptors (Lipinski definition) is 6. The van der Waals surface area contributed by atoms with Crippen molar-refractivity contribution < 1.29 is 38.9 Å². The number of carboxylic acids is 2. The third-order valence-corrected chi connectivity index (χ3v) is 8.18. The molecule has 3 heterocycles. The summed E-state index contributed by atoms with van der Waals surface area (Å²) >= 11 is 0. The molecule has 1 aliphatic carbocycles. The molecule has 11 nitrogen and oxygen atoms in total. The number of aromatic nitrogens is 3. The SMILES string of the molecule is COC(=O)CCc1c(Cc2[nH]c(Cc3[nH]c(C(=O)O)c(C)c3CCC(=O)OC)c3c2CCCC3)[nH]c(C(=O)O)c1C. The van der Waals surface area contributed by atoms with Crippen LogP contribution in [-0.2, 0) is 57.6 Å². The predicted molar refractivity (Wildman–Crippen MR) is 149 cm³/mol. The van der Waals surface area contributed by atoms with Crippen molar-refractivity contribution in [2.24, 2.45) is 0 Å². The second-order valence-electron chi connectivity index (χ2n) is 10.5. The number of nitrogens with one attached hydrogen (secondary N) is 3. The Hall–Kier alpha value is -4.28. The van der Waals surface area contributed by atoms with Gasteiger partial charge in [0.2, 0.25) is 0 Å². The lowest BCUT2D eigenvalue weighted by Gasteiger charge is -2.14. The van der Waals surface area contributed by atoms with Gasteiger partial charge in [0.25, 0.3) is 0 Å². The highest BCUT2D eigenvalue weighted by atomic mass is 16.5. The first-order valence-electron chi connectivity index (χ1n) is 13.8. The third kappa shape index (κ3) is 6.23. The number of esters is 2. The molecule has 0 saturated heterocycles. The van der Waals surface area contributed by atoms with Gasteiger partial charge in [-0.2, -0.15) is 0 Å². The van der Waals surface area contributed by atoms with Crippen LogP contribution in [0.25, 0.3) is 0 Å². The Bertz CT molecular complexity index is 1380. The Balaban J connectivity index is 1.71. The zero-order valence-corrected chi connectivity index (χ0v) is 23.9. The molecule has 0 aromatic carbocycles. The number of hydrogen-bond donors (Lipinski definition) is 5. The quantitative estimate of drug-likeness (QED) is 0.204. The number of aromatic carboxylic acids is 2. The number of H-pyrrole nitrogens is 3. The van der Waals surface area contributed by atoms with Crippen LogP contribution >= 0.6 is 0 Å². The summed E-state index contributed by atoms with van der Waals surface area (Å²) in [5.41, 5.74) is 8.87. The molecule has 1 aliphatic rings. The van der Waals surface area contributed by atoms with Crippen LogP contribution in [0, 0.1) is 13.8 Å². The van der Waals surface area contributed by atoms with E-state index in [4.69, 9.17) is 9.47 Å². The lowest BCUT2D eigenvalue weighted by molar-refractivity contribution is -0.141. The zero-order chi connectivity index (χ0) is 29.8. The Morgan fingerprint density at radius 3 is 1.39 bits per heavy atom. The average molecular weight is 568 g/mol. The van der Waals surface area contributed by atoms with Gasteiger partial charge < -0.3 is 34.6 Å². The lowest BCUT2D eigenvalue weighted by Crippen LogP contribution is -2.06. The van der Waals surface area contributed by atoms with Crippen LogP contribution in [0.3, 0.4) is 0 Å². The fraction of sp³-hybridized carbons (Fsp3) is 0.467. The van der Waals surface area contributed by atoms with Crippen LogP contribution in [0.2, 0.25) is 0 Å². The van der Waals surface area contributed by atoms with Crippen molar-refractivity contribution in [3.8, 4) is 0 Å². The maximum atomic E-state index is 11.9. The maximum Gasteiger partial charge on any atom is 0.352 e. The molecule has 0 aliphatic heterocycles. The van der Waals surface area contributed by atoms with Gasteiger partial charge in [0.05, 0.1) is 14.2 Å². The number of carbonyl (C=O) groups is 4. The molecule has 3 aromatic heterocycles. The molecule has 220 valence electrons. The molecule has 3 aromatic rings. The van der Waals surface area contributed by atoms with Gasteiger partial charge in [-0.1, -0.05) is 0 Å². The first-order valence-corrected chi connectivity index (χ1v) is 13.8. The van der Waals surface area contributed by atoms with E-state index in [1.165, 1.54) is 25.3 Å². The molecule has 0 saturated carbocycles. The van der Waals surface area contributed by atoms with E-state index < -0.39 is 11.9 Å². The van der Waals surface area contributed by atoms with Crippen molar-refractivity contribution >= 4 is 23.9 Å². The van der Waals surface area contributed by atoms with E-state index in [1.807, 2.05) is 0 Å². The molecule has 0 bridgehead atoms. The van der Waals surface area contributed by atoms with E-state index in [-0.39, 0.29) is 36.2 Å². The highest BCUT2D eigenvalue weighted by molar-refractivity contribution is 5.88.